The molecule has 5 nitrogen and oxygen atoms in total. The van der Waals surface area contributed by atoms with Crippen LogP contribution in [0.3, 0.4) is 0 Å². The monoisotopic (exact) mass is 205 g/mol. The fraction of sp³-hybridized carbons (Fsp3) is 0.200. The third kappa shape index (κ3) is 1.63. The largest absolute Gasteiger partial charge is 0.461 e. The maximum atomic E-state index is 11.4. The van der Waals surface area contributed by atoms with Gasteiger partial charge < -0.3 is 10.5 Å². The molecule has 5 heteroatoms. The van der Waals surface area contributed by atoms with Gasteiger partial charge in [0.2, 0.25) is 0 Å². The summed E-state index contributed by atoms with van der Waals surface area (Å²) in [6.07, 6.45) is 1.57. The first-order valence-corrected chi connectivity index (χ1v) is 4.63. The molecular weight excluding hydrogens is 194 g/mol. The zero-order valence-corrected chi connectivity index (χ0v) is 8.30. The Morgan fingerprint density at radius 3 is 3.07 bits per heavy atom. The van der Waals surface area contributed by atoms with Gasteiger partial charge in [0.1, 0.15) is 11.5 Å². The predicted molar refractivity (Wildman–Crippen MR) is 55.6 cm³/mol. The van der Waals surface area contributed by atoms with Gasteiger partial charge in [-0.05, 0) is 19.1 Å². The van der Waals surface area contributed by atoms with Crippen molar-refractivity contribution in [1.82, 2.24) is 9.38 Å². The van der Waals surface area contributed by atoms with Gasteiger partial charge in [-0.25, -0.2) is 9.78 Å². The molecule has 0 atom stereocenters. The Bertz CT molecular complexity index is 504. The van der Waals surface area contributed by atoms with Crippen molar-refractivity contribution in [1.29, 1.82) is 0 Å². The van der Waals surface area contributed by atoms with Crippen LogP contribution in [-0.4, -0.2) is 22.0 Å². The van der Waals surface area contributed by atoms with Crippen LogP contribution >= 0.6 is 0 Å². The highest BCUT2D eigenvalue weighted by atomic mass is 16.5. The molecule has 2 aromatic heterocycles. The number of nitrogens with zero attached hydrogens (tertiary/aromatic N) is 2. The molecule has 0 saturated carbocycles. The average Bonchev–Trinajstić information content (AvgIpc) is 2.63. The summed E-state index contributed by atoms with van der Waals surface area (Å²) in [5, 5.41) is 0. The molecule has 0 aliphatic rings. The van der Waals surface area contributed by atoms with Crippen LogP contribution in [-0.2, 0) is 4.74 Å². The third-order valence-electron chi connectivity index (χ3n) is 2.01. The summed E-state index contributed by atoms with van der Waals surface area (Å²) in [6, 6.07) is 5.30. The zero-order valence-electron chi connectivity index (χ0n) is 8.30. The predicted octanol–water partition coefficient (Wildman–Crippen LogP) is 1.09. The standard InChI is InChI=1S/C10H11N3O2/c1-2-15-10(14)7-6-13-8(11)4-3-5-9(13)12-7/h3-6H,2,11H2,1H3. The molecule has 78 valence electrons. The number of imidazole rings is 1. The molecule has 2 rings (SSSR count). The van der Waals surface area contributed by atoms with Crippen molar-refractivity contribution in [2.75, 3.05) is 12.3 Å². The van der Waals surface area contributed by atoms with E-state index in [0.717, 1.165) is 0 Å². The van der Waals surface area contributed by atoms with Gasteiger partial charge >= 0.3 is 5.97 Å². The van der Waals surface area contributed by atoms with E-state index in [2.05, 4.69) is 4.98 Å². The number of rotatable bonds is 2. The molecule has 2 heterocycles. The van der Waals surface area contributed by atoms with Crippen LogP contribution in [0.4, 0.5) is 5.82 Å². The quantitative estimate of drug-likeness (QED) is 0.745. The van der Waals surface area contributed by atoms with Gasteiger partial charge in [0.05, 0.1) is 6.61 Å². The van der Waals surface area contributed by atoms with E-state index in [9.17, 15) is 4.79 Å². The molecule has 0 unspecified atom stereocenters. The second kappa shape index (κ2) is 3.61. The fourth-order valence-electron chi connectivity index (χ4n) is 1.34. The highest BCUT2D eigenvalue weighted by molar-refractivity contribution is 5.88. The van der Waals surface area contributed by atoms with Crippen molar-refractivity contribution in [3.05, 3.63) is 30.1 Å². The Labute approximate surface area is 86.5 Å². The van der Waals surface area contributed by atoms with Crippen molar-refractivity contribution >= 4 is 17.4 Å². The highest BCUT2D eigenvalue weighted by Crippen LogP contribution is 2.10. The number of aromatic nitrogens is 2. The van der Waals surface area contributed by atoms with Crippen LogP contribution in [0.25, 0.3) is 5.65 Å². The van der Waals surface area contributed by atoms with Gasteiger partial charge in [0.25, 0.3) is 0 Å². The Morgan fingerprint density at radius 2 is 2.40 bits per heavy atom. The van der Waals surface area contributed by atoms with E-state index in [0.29, 0.717) is 18.1 Å². The number of carbonyl (C=O) groups excluding carboxylic acids is 1. The van der Waals surface area contributed by atoms with Gasteiger partial charge in [-0.15, -0.1) is 0 Å². The van der Waals surface area contributed by atoms with E-state index in [4.69, 9.17) is 10.5 Å². The summed E-state index contributed by atoms with van der Waals surface area (Å²) in [4.78, 5) is 15.5. The van der Waals surface area contributed by atoms with Gasteiger partial charge in [-0.1, -0.05) is 6.07 Å². The van der Waals surface area contributed by atoms with Gasteiger partial charge in [0.15, 0.2) is 5.69 Å². The van der Waals surface area contributed by atoms with E-state index in [1.165, 1.54) is 0 Å². The summed E-state index contributed by atoms with van der Waals surface area (Å²) < 4.78 is 6.49. The molecular formula is C10H11N3O2. The zero-order chi connectivity index (χ0) is 10.8. The van der Waals surface area contributed by atoms with Crippen LogP contribution in [0.2, 0.25) is 0 Å². The smallest absolute Gasteiger partial charge is 0.358 e. The number of pyridine rings is 1. The van der Waals surface area contributed by atoms with Crippen molar-refractivity contribution in [2.24, 2.45) is 0 Å². The highest BCUT2D eigenvalue weighted by Gasteiger charge is 2.11. The molecule has 2 aromatic rings. The number of carbonyl (C=O) groups is 1. The maximum Gasteiger partial charge on any atom is 0.358 e. The summed E-state index contributed by atoms with van der Waals surface area (Å²) >= 11 is 0. The topological polar surface area (TPSA) is 69.6 Å². The molecule has 2 N–H and O–H groups in total. The van der Waals surface area contributed by atoms with Crippen molar-refractivity contribution in [3.63, 3.8) is 0 Å². The molecule has 0 spiro atoms. The van der Waals surface area contributed by atoms with Crippen LogP contribution in [0, 0.1) is 0 Å². The maximum absolute atomic E-state index is 11.4. The average molecular weight is 205 g/mol. The molecule has 0 aliphatic carbocycles. The fourth-order valence-corrected chi connectivity index (χ4v) is 1.34. The van der Waals surface area contributed by atoms with Crippen LogP contribution in [0.1, 0.15) is 17.4 Å². The van der Waals surface area contributed by atoms with E-state index in [1.54, 1.807) is 35.7 Å². The van der Waals surface area contributed by atoms with Crippen molar-refractivity contribution in [3.8, 4) is 0 Å². The lowest BCUT2D eigenvalue weighted by atomic mass is 10.4. The lowest BCUT2D eigenvalue weighted by Crippen LogP contribution is -2.04. The SMILES string of the molecule is CCOC(=O)c1cn2c(N)cccc2n1. The minimum atomic E-state index is -0.430. The number of hydrogen-bond acceptors (Lipinski definition) is 4. The summed E-state index contributed by atoms with van der Waals surface area (Å²) in [5.41, 5.74) is 6.62. The number of nitrogen functional groups attached to an aromatic ring is 1. The van der Waals surface area contributed by atoms with Crippen LogP contribution in [0.15, 0.2) is 24.4 Å². The Kier molecular flexibility index (Phi) is 2.29. The van der Waals surface area contributed by atoms with Gasteiger partial charge in [0, 0.05) is 6.20 Å². The van der Waals surface area contributed by atoms with Gasteiger partial charge in [-0.2, -0.15) is 0 Å². The van der Waals surface area contributed by atoms with E-state index >= 15 is 0 Å². The minimum Gasteiger partial charge on any atom is -0.461 e. The molecule has 0 amide bonds. The second-order valence-electron chi connectivity index (χ2n) is 3.03. The number of esters is 1. The first-order chi connectivity index (χ1) is 7.22. The minimum absolute atomic E-state index is 0.273. The number of anilines is 1. The normalized spacial score (nSPS) is 10.5. The second-order valence-corrected chi connectivity index (χ2v) is 3.03. The third-order valence-corrected chi connectivity index (χ3v) is 2.01. The number of fused-ring (bicyclic) bond motifs is 1. The summed E-state index contributed by atoms with van der Waals surface area (Å²) in [5.74, 6) is 0.108. The number of hydrogen-bond donors (Lipinski definition) is 1. The molecule has 0 fully saturated rings. The lowest BCUT2D eigenvalue weighted by Gasteiger charge is -1.96. The molecule has 0 bridgehead atoms. The molecule has 0 aromatic carbocycles. The number of nitrogens with two attached hydrogens (primary N) is 1. The Morgan fingerprint density at radius 1 is 1.60 bits per heavy atom. The number of ether oxygens (including phenoxy) is 1. The van der Waals surface area contributed by atoms with Crippen molar-refractivity contribution < 1.29 is 9.53 Å². The van der Waals surface area contributed by atoms with E-state index in [-0.39, 0.29) is 5.69 Å². The Balaban J connectivity index is 2.47. The van der Waals surface area contributed by atoms with Crippen LogP contribution < -0.4 is 5.73 Å². The van der Waals surface area contributed by atoms with Crippen molar-refractivity contribution in [2.45, 2.75) is 6.92 Å². The van der Waals surface area contributed by atoms with Gasteiger partial charge in [-0.3, -0.25) is 4.40 Å². The van der Waals surface area contributed by atoms with Crippen LogP contribution in [0.5, 0.6) is 0 Å². The summed E-state index contributed by atoms with van der Waals surface area (Å²) in [6.45, 7) is 2.09. The van der Waals surface area contributed by atoms with E-state index in [1.807, 2.05) is 0 Å². The molecule has 0 saturated heterocycles. The first kappa shape index (κ1) is 9.51. The lowest BCUT2D eigenvalue weighted by molar-refractivity contribution is 0.0520. The first-order valence-electron chi connectivity index (χ1n) is 4.63. The Hall–Kier alpha value is -2.04. The van der Waals surface area contributed by atoms with E-state index < -0.39 is 5.97 Å². The summed E-state index contributed by atoms with van der Waals surface area (Å²) in [7, 11) is 0. The molecule has 15 heavy (non-hydrogen) atoms. The molecule has 0 radical (unpaired) electrons. The molecule has 0 aliphatic heterocycles.